The van der Waals surface area contributed by atoms with Crippen molar-refractivity contribution in [3.8, 4) is 5.75 Å². The van der Waals surface area contributed by atoms with Gasteiger partial charge in [0.2, 0.25) is 5.91 Å². The number of aryl methyl sites for hydroxylation is 1. The number of hydrogen-bond donors (Lipinski definition) is 2. The van der Waals surface area contributed by atoms with Crippen molar-refractivity contribution in [3.63, 3.8) is 0 Å². The zero-order valence-electron chi connectivity index (χ0n) is 14.6. The number of nitrogens with one attached hydrogen (secondary N) is 2. The van der Waals surface area contributed by atoms with Gasteiger partial charge in [0.1, 0.15) is 5.75 Å². The average molecular weight is 465 g/mol. The molecule has 6 nitrogen and oxygen atoms in total. The Morgan fingerprint density at radius 3 is 2.77 bits per heavy atom. The number of hydrogen-bond acceptors (Lipinski definition) is 4. The predicted octanol–water partition coefficient (Wildman–Crippen LogP) is 2.55. The fraction of sp³-hybridized carbons (Fsp3) is 0.263. The summed E-state index contributed by atoms with van der Waals surface area (Å²) in [6.45, 7) is 2.42. The van der Waals surface area contributed by atoms with Gasteiger partial charge < -0.3 is 20.3 Å². The molecule has 26 heavy (non-hydrogen) atoms. The molecule has 1 aliphatic heterocycles. The number of anilines is 2. The third kappa shape index (κ3) is 4.09. The minimum atomic E-state index is -0.650. The molecule has 0 aliphatic carbocycles. The lowest BCUT2D eigenvalue weighted by Gasteiger charge is -2.35. The van der Waals surface area contributed by atoms with Gasteiger partial charge in [-0.2, -0.15) is 0 Å². The Bertz CT molecular complexity index is 841. The van der Waals surface area contributed by atoms with Crippen LogP contribution in [0.3, 0.4) is 0 Å². The maximum Gasteiger partial charge on any atom is 0.262 e. The van der Waals surface area contributed by atoms with E-state index in [1.165, 1.54) is 0 Å². The van der Waals surface area contributed by atoms with E-state index in [1.807, 2.05) is 48.2 Å². The molecule has 1 aliphatic rings. The van der Waals surface area contributed by atoms with E-state index < -0.39 is 6.10 Å². The lowest BCUT2D eigenvalue weighted by atomic mass is 10.1. The van der Waals surface area contributed by atoms with Crippen molar-refractivity contribution in [1.82, 2.24) is 5.32 Å². The monoisotopic (exact) mass is 465 g/mol. The minimum Gasteiger partial charge on any atom is -0.477 e. The molecular formula is C19H20IN3O3. The standard InChI is InChI=1S/C19H20IN3O3/c1-12-9-13(20)7-8-14(12)22-18(24)11-23-10-17(19(25)21-2)26-16-6-4-3-5-15(16)23/h3-9,17H,10-11H2,1-2H3,(H,21,25)(H,22,24)/t17-/m1/s1. The quantitative estimate of drug-likeness (QED) is 0.682. The fourth-order valence-electron chi connectivity index (χ4n) is 2.88. The molecule has 0 radical (unpaired) electrons. The third-order valence-corrected chi connectivity index (χ3v) is 4.87. The summed E-state index contributed by atoms with van der Waals surface area (Å²) < 4.78 is 6.88. The van der Waals surface area contributed by atoms with Gasteiger partial charge in [0.15, 0.2) is 6.10 Å². The normalized spacial score (nSPS) is 15.7. The second-order valence-electron chi connectivity index (χ2n) is 6.08. The number of carbonyl (C=O) groups excluding carboxylic acids is 2. The summed E-state index contributed by atoms with van der Waals surface area (Å²) >= 11 is 2.24. The third-order valence-electron chi connectivity index (χ3n) is 4.20. The maximum absolute atomic E-state index is 12.6. The number of likely N-dealkylation sites (N-methyl/N-ethyl adjacent to an activating group) is 1. The molecule has 2 N–H and O–H groups in total. The topological polar surface area (TPSA) is 70.7 Å². The van der Waals surface area contributed by atoms with E-state index in [0.29, 0.717) is 12.3 Å². The number of halogens is 1. The van der Waals surface area contributed by atoms with Gasteiger partial charge in [0, 0.05) is 16.3 Å². The molecule has 7 heteroatoms. The van der Waals surface area contributed by atoms with Crippen LogP contribution in [0.15, 0.2) is 42.5 Å². The summed E-state index contributed by atoms with van der Waals surface area (Å²) in [5, 5.41) is 5.55. The van der Waals surface area contributed by atoms with Crippen LogP contribution in [0.25, 0.3) is 0 Å². The van der Waals surface area contributed by atoms with Gasteiger partial charge in [0.25, 0.3) is 5.91 Å². The maximum atomic E-state index is 12.6. The Kier molecular flexibility index (Phi) is 5.65. The largest absolute Gasteiger partial charge is 0.477 e. The van der Waals surface area contributed by atoms with Crippen LogP contribution in [0.2, 0.25) is 0 Å². The highest BCUT2D eigenvalue weighted by Gasteiger charge is 2.31. The Hall–Kier alpha value is -2.29. The summed E-state index contributed by atoms with van der Waals surface area (Å²) in [4.78, 5) is 26.5. The number of ether oxygens (including phenoxy) is 1. The second kappa shape index (κ2) is 7.94. The van der Waals surface area contributed by atoms with Crippen LogP contribution >= 0.6 is 22.6 Å². The Morgan fingerprint density at radius 1 is 1.27 bits per heavy atom. The van der Waals surface area contributed by atoms with E-state index in [0.717, 1.165) is 20.5 Å². The molecule has 1 heterocycles. The van der Waals surface area contributed by atoms with E-state index in [-0.39, 0.29) is 18.4 Å². The number of fused-ring (bicyclic) bond motifs is 1. The molecule has 0 aromatic heterocycles. The highest BCUT2D eigenvalue weighted by molar-refractivity contribution is 14.1. The highest BCUT2D eigenvalue weighted by atomic mass is 127. The van der Waals surface area contributed by atoms with E-state index in [4.69, 9.17) is 4.74 Å². The number of amides is 2. The lowest BCUT2D eigenvalue weighted by Crippen LogP contribution is -2.50. The first-order valence-corrected chi connectivity index (χ1v) is 9.34. The number of nitrogens with zero attached hydrogens (tertiary/aromatic N) is 1. The molecule has 0 saturated carbocycles. The minimum absolute atomic E-state index is 0.137. The zero-order chi connectivity index (χ0) is 18.7. The SMILES string of the molecule is CNC(=O)[C@H]1CN(CC(=O)Nc2ccc(I)cc2C)c2ccccc2O1. The molecule has 2 aromatic carbocycles. The Labute approximate surface area is 166 Å². The van der Waals surface area contributed by atoms with Crippen LogP contribution in [0.4, 0.5) is 11.4 Å². The number of benzene rings is 2. The van der Waals surface area contributed by atoms with E-state index >= 15 is 0 Å². The van der Waals surface area contributed by atoms with Gasteiger partial charge in [-0.05, 0) is 65.4 Å². The lowest BCUT2D eigenvalue weighted by molar-refractivity contribution is -0.127. The molecule has 3 rings (SSSR count). The first kappa shape index (κ1) is 18.5. The van der Waals surface area contributed by atoms with Crippen LogP contribution < -0.4 is 20.3 Å². The Balaban J connectivity index is 1.76. The van der Waals surface area contributed by atoms with Crippen molar-refractivity contribution < 1.29 is 14.3 Å². The summed E-state index contributed by atoms with van der Waals surface area (Å²) in [6, 6.07) is 13.3. The zero-order valence-corrected chi connectivity index (χ0v) is 16.7. The van der Waals surface area contributed by atoms with Gasteiger partial charge in [-0.15, -0.1) is 0 Å². The van der Waals surface area contributed by atoms with Gasteiger partial charge in [0.05, 0.1) is 18.8 Å². The molecular weight excluding hydrogens is 445 g/mol. The molecule has 1 atom stereocenters. The molecule has 2 aromatic rings. The fourth-order valence-corrected chi connectivity index (χ4v) is 3.53. The van der Waals surface area contributed by atoms with Crippen molar-refractivity contribution in [2.75, 3.05) is 30.4 Å². The van der Waals surface area contributed by atoms with Crippen molar-refractivity contribution in [2.24, 2.45) is 0 Å². The van der Waals surface area contributed by atoms with E-state index in [1.54, 1.807) is 13.1 Å². The van der Waals surface area contributed by atoms with Crippen molar-refractivity contribution in [1.29, 1.82) is 0 Å². The van der Waals surface area contributed by atoms with Crippen LogP contribution in [0, 0.1) is 10.5 Å². The second-order valence-corrected chi connectivity index (χ2v) is 7.32. The summed E-state index contributed by atoms with van der Waals surface area (Å²) in [5.74, 6) is 0.255. The van der Waals surface area contributed by atoms with E-state index in [9.17, 15) is 9.59 Å². The average Bonchev–Trinajstić information content (AvgIpc) is 2.63. The van der Waals surface area contributed by atoms with Gasteiger partial charge in [-0.3, -0.25) is 9.59 Å². The van der Waals surface area contributed by atoms with Gasteiger partial charge in [-0.25, -0.2) is 0 Å². The molecule has 136 valence electrons. The number of rotatable bonds is 4. The van der Waals surface area contributed by atoms with Crippen molar-refractivity contribution in [3.05, 3.63) is 51.6 Å². The van der Waals surface area contributed by atoms with E-state index in [2.05, 4.69) is 33.2 Å². The van der Waals surface area contributed by atoms with Gasteiger partial charge in [-0.1, -0.05) is 12.1 Å². The first-order valence-electron chi connectivity index (χ1n) is 8.26. The smallest absolute Gasteiger partial charge is 0.262 e. The predicted molar refractivity (Wildman–Crippen MR) is 110 cm³/mol. The molecule has 0 bridgehead atoms. The van der Waals surface area contributed by atoms with Crippen molar-refractivity contribution >= 4 is 45.8 Å². The molecule has 0 unspecified atom stereocenters. The van der Waals surface area contributed by atoms with Crippen LogP contribution in [-0.4, -0.2) is 38.1 Å². The van der Waals surface area contributed by atoms with Crippen LogP contribution in [-0.2, 0) is 9.59 Å². The number of carbonyl (C=O) groups is 2. The molecule has 2 amide bonds. The van der Waals surface area contributed by atoms with Gasteiger partial charge >= 0.3 is 0 Å². The summed E-state index contributed by atoms with van der Waals surface area (Å²) in [7, 11) is 1.57. The molecule has 0 fully saturated rings. The summed E-state index contributed by atoms with van der Waals surface area (Å²) in [6.07, 6.45) is -0.650. The number of para-hydroxylation sites is 2. The van der Waals surface area contributed by atoms with Crippen LogP contribution in [0.1, 0.15) is 5.56 Å². The molecule has 0 spiro atoms. The van der Waals surface area contributed by atoms with Crippen molar-refractivity contribution in [2.45, 2.75) is 13.0 Å². The highest BCUT2D eigenvalue weighted by Crippen LogP contribution is 2.33. The first-order chi connectivity index (χ1) is 12.5. The molecule has 0 saturated heterocycles. The Morgan fingerprint density at radius 2 is 2.04 bits per heavy atom. The summed E-state index contributed by atoms with van der Waals surface area (Å²) in [5.41, 5.74) is 2.61. The van der Waals surface area contributed by atoms with Crippen LogP contribution in [0.5, 0.6) is 5.75 Å².